The number of hydrogen-bond donors (Lipinski definition) is 0. The van der Waals surface area contributed by atoms with Gasteiger partial charge in [0, 0.05) is 9.18 Å². The summed E-state index contributed by atoms with van der Waals surface area (Å²) in [6, 6.07) is 0. The minimum atomic E-state index is -1.48. The lowest BCUT2D eigenvalue weighted by molar-refractivity contribution is -1.27. The van der Waals surface area contributed by atoms with E-state index in [-0.39, 0.29) is 0 Å². The molecule has 0 radical (unpaired) electrons. The SMILES string of the molecule is C[N+](C)(C(=O)C(=O)[N+](C)(C)[N+](=O)[O-])[N+](=O)[O-]. The fraction of sp³-hybridized carbons (Fsp3) is 0.667. The van der Waals surface area contributed by atoms with Crippen LogP contribution >= 0.6 is 0 Å². The van der Waals surface area contributed by atoms with Crippen LogP contribution in [0, 0.1) is 20.2 Å². The molecule has 0 aliphatic rings. The molecule has 10 nitrogen and oxygen atoms in total. The van der Waals surface area contributed by atoms with Crippen molar-refractivity contribution in [3.05, 3.63) is 20.2 Å². The molecule has 0 aromatic carbocycles. The lowest BCUT2D eigenvalue weighted by Crippen LogP contribution is -2.62. The number of carbonyl (C=O) groups is 2. The summed E-state index contributed by atoms with van der Waals surface area (Å²) in [7, 11) is 3.45. The van der Waals surface area contributed by atoms with Gasteiger partial charge >= 0.3 is 11.8 Å². The molecule has 0 aliphatic heterocycles. The Labute approximate surface area is 90.1 Å². The molecule has 10 heteroatoms. The Morgan fingerprint density at radius 2 is 1.00 bits per heavy atom. The molecule has 0 N–H and O–H groups in total. The third-order valence-corrected chi connectivity index (χ3v) is 1.99. The standard InChI is InChI=1S/C6H12N4O6/c1-9(2,7(13)14)5(11)6(12)10(3,4)8(15)16/h1-4H3/q+2. The van der Waals surface area contributed by atoms with Gasteiger partial charge in [0.25, 0.3) is 0 Å². The van der Waals surface area contributed by atoms with Crippen molar-refractivity contribution in [3.8, 4) is 0 Å². The number of nitrogens with zero attached hydrogens (tertiary/aromatic N) is 4. The van der Waals surface area contributed by atoms with E-state index in [1.807, 2.05) is 0 Å². The summed E-state index contributed by atoms with van der Waals surface area (Å²) in [5.74, 6) is -2.93. The smallest absolute Gasteiger partial charge is 0.208 e. The molecule has 0 fully saturated rings. The fourth-order valence-corrected chi connectivity index (χ4v) is 0.616. The van der Waals surface area contributed by atoms with Gasteiger partial charge in [-0.3, -0.25) is 0 Å². The Morgan fingerprint density at radius 1 is 0.812 bits per heavy atom. The summed E-state index contributed by atoms with van der Waals surface area (Å²) in [6.07, 6.45) is 0. The number of carbonyl (C=O) groups excluding carboxylic acids is 2. The summed E-state index contributed by atoms with van der Waals surface area (Å²) < 4.78 is -2.96. The predicted molar refractivity (Wildman–Crippen MR) is 48.2 cm³/mol. The summed E-state index contributed by atoms with van der Waals surface area (Å²) in [6.45, 7) is 0. The van der Waals surface area contributed by atoms with Crippen LogP contribution in [-0.2, 0) is 9.59 Å². The van der Waals surface area contributed by atoms with Gasteiger partial charge in [0.1, 0.15) is 28.2 Å². The van der Waals surface area contributed by atoms with E-state index in [9.17, 15) is 29.8 Å². The van der Waals surface area contributed by atoms with Crippen LogP contribution in [0.25, 0.3) is 0 Å². The molecular formula is C6H12N4O6+2. The molecule has 0 unspecified atom stereocenters. The Balaban J connectivity index is 5.27. The van der Waals surface area contributed by atoms with Gasteiger partial charge in [0.15, 0.2) is 0 Å². The molecule has 0 aromatic rings. The predicted octanol–water partition coefficient (Wildman–Crippen LogP) is -1.42. The Morgan fingerprint density at radius 3 is 1.12 bits per heavy atom. The lowest BCUT2D eigenvalue weighted by atomic mass is 10.4. The minimum absolute atomic E-state index is 0.861. The maximum Gasteiger partial charge on any atom is 0.508 e. The van der Waals surface area contributed by atoms with Gasteiger partial charge in [-0.15, -0.1) is 0 Å². The van der Waals surface area contributed by atoms with Crippen molar-refractivity contribution < 1.29 is 28.8 Å². The zero-order valence-electron chi connectivity index (χ0n) is 9.24. The lowest BCUT2D eigenvalue weighted by Gasteiger charge is -2.16. The first kappa shape index (κ1) is 14.1. The van der Waals surface area contributed by atoms with E-state index in [1.165, 1.54) is 0 Å². The van der Waals surface area contributed by atoms with E-state index in [4.69, 9.17) is 0 Å². The first-order valence-electron chi connectivity index (χ1n) is 4.02. The molecule has 0 saturated carbocycles. The average Bonchev–Trinajstić information content (AvgIpc) is 2.14. The van der Waals surface area contributed by atoms with Crippen molar-refractivity contribution in [1.29, 1.82) is 0 Å². The second-order valence-corrected chi connectivity index (χ2v) is 3.87. The molecule has 0 bridgehead atoms. The third kappa shape index (κ3) is 2.17. The Kier molecular flexibility index (Phi) is 3.43. The van der Waals surface area contributed by atoms with Crippen LogP contribution in [0.4, 0.5) is 0 Å². The first-order chi connectivity index (χ1) is 6.95. The quantitative estimate of drug-likeness (QED) is 0.251. The molecule has 2 amide bonds. The average molecular weight is 236 g/mol. The number of likely N-dealkylation sites (N-methyl/N-ethyl adjacent to an activating group) is 2. The third-order valence-electron chi connectivity index (χ3n) is 1.99. The van der Waals surface area contributed by atoms with E-state index in [2.05, 4.69) is 0 Å². The van der Waals surface area contributed by atoms with Crippen LogP contribution in [0.15, 0.2) is 0 Å². The largest absolute Gasteiger partial charge is 0.508 e. The normalized spacial score (nSPS) is 12.0. The van der Waals surface area contributed by atoms with Gasteiger partial charge in [0.2, 0.25) is 10.1 Å². The monoisotopic (exact) mass is 236 g/mol. The number of rotatable bonds is 2. The van der Waals surface area contributed by atoms with Gasteiger partial charge in [-0.05, 0) is 0 Å². The summed E-state index contributed by atoms with van der Waals surface area (Å²) >= 11 is 0. The van der Waals surface area contributed by atoms with Gasteiger partial charge in [0.05, 0.1) is 0 Å². The fourth-order valence-electron chi connectivity index (χ4n) is 0.616. The molecule has 0 saturated heterocycles. The molecule has 0 atom stereocenters. The van der Waals surface area contributed by atoms with E-state index in [1.54, 1.807) is 0 Å². The highest BCUT2D eigenvalue weighted by Gasteiger charge is 2.57. The topological polar surface area (TPSA) is 120 Å². The second-order valence-electron chi connectivity index (χ2n) is 3.87. The van der Waals surface area contributed by atoms with Gasteiger partial charge < -0.3 is 0 Å². The summed E-state index contributed by atoms with van der Waals surface area (Å²) in [5.41, 5.74) is 0. The molecule has 0 aromatic heterocycles. The summed E-state index contributed by atoms with van der Waals surface area (Å²) in [5, 5.41) is 19.0. The van der Waals surface area contributed by atoms with Gasteiger partial charge in [-0.25, -0.2) is 29.8 Å². The van der Waals surface area contributed by atoms with Crippen LogP contribution in [0.3, 0.4) is 0 Å². The van der Waals surface area contributed by atoms with Gasteiger partial charge in [-0.1, -0.05) is 0 Å². The van der Waals surface area contributed by atoms with Crippen LogP contribution in [0.5, 0.6) is 0 Å². The molecule has 0 aliphatic carbocycles. The Hall–Kier alpha value is -1.94. The molecule has 0 heterocycles. The van der Waals surface area contributed by atoms with Crippen LogP contribution in [0.2, 0.25) is 0 Å². The number of quaternary nitrogens is 2. The van der Waals surface area contributed by atoms with Crippen molar-refractivity contribution >= 4 is 11.8 Å². The molecule has 16 heavy (non-hydrogen) atoms. The number of hydrogen-bond acceptors (Lipinski definition) is 6. The van der Waals surface area contributed by atoms with Gasteiger partial charge in [-0.2, -0.15) is 0 Å². The van der Waals surface area contributed by atoms with Crippen LogP contribution in [-0.4, -0.2) is 59.3 Å². The van der Waals surface area contributed by atoms with Crippen molar-refractivity contribution in [2.75, 3.05) is 28.2 Å². The van der Waals surface area contributed by atoms with Crippen molar-refractivity contribution in [2.24, 2.45) is 0 Å². The second kappa shape index (κ2) is 3.90. The highest BCUT2D eigenvalue weighted by atomic mass is 16.7. The maximum atomic E-state index is 11.4. The highest BCUT2D eigenvalue weighted by Crippen LogP contribution is 2.06. The minimum Gasteiger partial charge on any atom is -0.208 e. The van der Waals surface area contributed by atoms with Crippen molar-refractivity contribution in [1.82, 2.24) is 0 Å². The molecular weight excluding hydrogens is 224 g/mol. The molecule has 90 valence electrons. The van der Waals surface area contributed by atoms with Crippen molar-refractivity contribution in [2.45, 2.75) is 0 Å². The Bertz CT molecular complexity index is 337. The zero-order valence-corrected chi connectivity index (χ0v) is 9.24. The summed E-state index contributed by atoms with van der Waals surface area (Å²) in [4.78, 5) is 43.8. The maximum absolute atomic E-state index is 11.4. The first-order valence-corrected chi connectivity index (χ1v) is 4.02. The van der Waals surface area contributed by atoms with E-state index in [0.717, 1.165) is 28.2 Å². The van der Waals surface area contributed by atoms with E-state index < -0.39 is 31.1 Å². The van der Waals surface area contributed by atoms with E-state index >= 15 is 0 Å². The van der Waals surface area contributed by atoms with E-state index in [0.29, 0.717) is 0 Å². The number of amides is 2. The molecule has 0 spiro atoms. The van der Waals surface area contributed by atoms with Crippen LogP contribution in [0.1, 0.15) is 0 Å². The highest BCUT2D eigenvalue weighted by molar-refractivity contribution is 6.28. The molecule has 0 rings (SSSR count). The van der Waals surface area contributed by atoms with Crippen LogP contribution < -0.4 is 0 Å². The number of nitro groups is 2. The zero-order chi connectivity index (χ0) is 13.3. The van der Waals surface area contributed by atoms with Crippen molar-refractivity contribution in [3.63, 3.8) is 0 Å².